The molecule has 0 spiro atoms. The normalized spacial score (nSPS) is 10.7. The van der Waals surface area contributed by atoms with Crippen LogP contribution in [0.25, 0.3) is 0 Å². The number of ether oxygens (including phenoxy) is 3. The molecule has 0 bridgehead atoms. The molecule has 0 aromatic heterocycles. The first-order chi connectivity index (χ1) is 14.1. The van der Waals surface area contributed by atoms with Crippen LogP contribution in [-0.2, 0) is 16.0 Å². The number of rotatable bonds is 17. The maximum Gasteiger partial charge on any atom is 0.305 e. The van der Waals surface area contributed by atoms with Crippen molar-refractivity contribution in [2.24, 2.45) is 0 Å². The smallest absolute Gasteiger partial charge is 0.305 e. The third-order valence-corrected chi connectivity index (χ3v) is 5.39. The summed E-state index contributed by atoms with van der Waals surface area (Å²) in [5, 5.41) is 10.2. The van der Waals surface area contributed by atoms with Gasteiger partial charge in [-0.05, 0) is 25.3 Å². The van der Waals surface area contributed by atoms with Gasteiger partial charge in [0, 0.05) is 18.1 Å². The lowest BCUT2D eigenvalue weighted by molar-refractivity contribution is -0.140. The minimum absolute atomic E-state index is 0.0926. The van der Waals surface area contributed by atoms with E-state index in [0.717, 1.165) is 37.0 Å². The van der Waals surface area contributed by atoms with Crippen LogP contribution >= 0.6 is 0 Å². The number of carbonyl (C=O) groups is 1. The summed E-state index contributed by atoms with van der Waals surface area (Å²) in [5.74, 6) is 1.34. The first kappa shape index (κ1) is 25.1. The predicted octanol–water partition coefficient (Wildman–Crippen LogP) is 6.20. The summed E-state index contributed by atoms with van der Waals surface area (Å²) in [5.41, 5.74) is 0.896. The van der Waals surface area contributed by atoms with Gasteiger partial charge in [0.05, 0.1) is 21.3 Å². The summed E-state index contributed by atoms with van der Waals surface area (Å²) in [4.78, 5) is 11.0. The summed E-state index contributed by atoms with van der Waals surface area (Å²) in [6.45, 7) is 0. The summed E-state index contributed by atoms with van der Waals surface area (Å²) >= 11 is 0. The van der Waals surface area contributed by atoms with Crippen LogP contribution in [0.3, 0.4) is 0 Å². The molecule has 0 radical (unpaired) electrons. The Balaban J connectivity index is 1.98. The average Bonchev–Trinajstić information content (AvgIpc) is 2.74. The molecule has 166 valence electrons. The van der Waals surface area contributed by atoms with E-state index in [1.54, 1.807) is 20.3 Å². The Morgan fingerprint density at radius 1 is 0.759 bits per heavy atom. The van der Waals surface area contributed by atoms with E-state index in [1.807, 2.05) is 6.07 Å². The third-order valence-electron chi connectivity index (χ3n) is 5.39. The van der Waals surface area contributed by atoms with E-state index >= 15 is 0 Å². The number of carbonyl (C=O) groups excluding carboxylic acids is 1. The summed E-state index contributed by atoms with van der Waals surface area (Å²) in [7, 11) is 4.63. The highest BCUT2D eigenvalue weighted by molar-refractivity contribution is 5.68. The second kappa shape index (κ2) is 15.9. The molecule has 0 amide bonds. The highest BCUT2D eigenvalue weighted by Crippen LogP contribution is 2.35. The molecule has 1 aromatic rings. The van der Waals surface area contributed by atoms with Gasteiger partial charge in [-0.1, -0.05) is 64.2 Å². The second-order valence-corrected chi connectivity index (χ2v) is 7.66. The van der Waals surface area contributed by atoms with Crippen molar-refractivity contribution in [1.29, 1.82) is 0 Å². The molecule has 29 heavy (non-hydrogen) atoms. The van der Waals surface area contributed by atoms with E-state index in [2.05, 4.69) is 4.74 Å². The maximum atomic E-state index is 11.0. The average molecular weight is 409 g/mol. The van der Waals surface area contributed by atoms with Crippen LogP contribution in [0.1, 0.15) is 89.0 Å². The molecule has 1 rings (SSSR count). The molecule has 5 nitrogen and oxygen atoms in total. The summed E-state index contributed by atoms with van der Waals surface area (Å²) in [6, 6.07) is 3.61. The molecular formula is C24H40O5. The number of esters is 1. The fourth-order valence-electron chi connectivity index (χ4n) is 3.56. The Morgan fingerprint density at radius 3 is 1.76 bits per heavy atom. The summed E-state index contributed by atoms with van der Waals surface area (Å²) in [6.07, 6.45) is 16.0. The van der Waals surface area contributed by atoms with Gasteiger partial charge in [-0.15, -0.1) is 0 Å². The number of phenolic OH excluding ortho intramolecular Hbond substituents is 1. The number of hydrogen-bond acceptors (Lipinski definition) is 5. The highest BCUT2D eigenvalue weighted by atomic mass is 16.5. The molecule has 0 fully saturated rings. The molecule has 0 heterocycles. The van der Waals surface area contributed by atoms with Crippen molar-refractivity contribution in [3.8, 4) is 17.2 Å². The number of benzene rings is 1. The lowest BCUT2D eigenvalue weighted by atomic mass is 10.0. The number of aromatic hydroxyl groups is 1. The molecule has 0 aliphatic rings. The van der Waals surface area contributed by atoms with Crippen molar-refractivity contribution in [2.75, 3.05) is 21.3 Å². The van der Waals surface area contributed by atoms with Gasteiger partial charge >= 0.3 is 5.97 Å². The molecule has 0 atom stereocenters. The number of hydrogen-bond donors (Lipinski definition) is 1. The molecule has 0 saturated carbocycles. The molecule has 0 aliphatic carbocycles. The van der Waals surface area contributed by atoms with E-state index in [9.17, 15) is 9.90 Å². The number of aryl methyl sites for hydroxylation is 1. The number of methoxy groups -OCH3 is 3. The molecule has 1 N–H and O–H groups in total. The van der Waals surface area contributed by atoms with E-state index in [0.29, 0.717) is 12.2 Å². The van der Waals surface area contributed by atoms with Crippen LogP contribution < -0.4 is 9.47 Å². The zero-order chi connectivity index (χ0) is 21.3. The Hall–Kier alpha value is -1.91. The number of unbranched alkanes of at least 4 members (excludes halogenated alkanes) is 11. The Kier molecular flexibility index (Phi) is 13.8. The monoisotopic (exact) mass is 408 g/mol. The van der Waals surface area contributed by atoms with Crippen molar-refractivity contribution in [3.63, 3.8) is 0 Å². The molecule has 1 aromatic carbocycles. The van der Waals surface area contributed by atoms with Crippen LogP contribution in [0.2, 0.25) is 0 Å². The van der Waals surface area contributed by atoms with Crippen LogP contribution in [-0.4, -0.2) is 32.4 Å². The van der Waals surface area contributed by atoms with E-state index in [-0.39, 0.29) is 11.7 Å². The quantitative estimate of drug-likeness (QED) is 0.246. The number of phenols is 1. The first-order valence-electron chi connectivity index (χ1n) is 11.1. The predicted molar refractivity (Wildman–Crippen MR) is 117 cm³/mol. The maximum absolute atomic E-state index is 11.0. The molecular weight excluding hydrogens is 368 g/mol. The van der Waals surface area contributed by atoms with Gasteiger partial charge in [0.25, 0.3) is 0 Å². The fraction of sp³-hybridized carbons (Fsp3) is 0.708. The van der Waals surface area contributed by atoms with E-state index in [4.69, 9.17) is 9.47 Å². The van der Waals surface area contributed by atoms with Gasteiger partial charge in [0.15, 0.2) is 11.5 Å². The minimum atomic E-state index is -0.0926. The molecule has 5 heteroatoms. The van der Waals surface area contributed by atoms with Gasteiger partial charge in [0.1, 0.15) is 5.75 Å². The van der Waals surface area contributed by atoms with Crippen LogP contribution in [0.5, 0.6) is 17.2 Å². The Bertz CT molecular complexity index is 571. The Labute approximate surface area is 176 Å². The van der Waals surface area contributed by atoms with E-state index in [1.165, 1.54) is 64.9 Å². The molecule has 0 unspecified atom stereocenters. The molecule has 0 saturated heterocycles. The Morgan fingerprint density at radius 2 is 1.28 bits per heavy atom. The second-order valence-electron chi connectivity index (χ2n) is 7.66. The van der Waals surface area contributed by atoms with Crippen molar-refractivity contribution < 1.29 is 24.1 Å². The van der Waals surface area contributed by atoms with Crippen LogP contribution in [0.15, 0.2) is 12.1 Å². The largest absolute Gasteiger partial charge is 0.504 e. The van der Waals surface area contributed by atoms with Crippen molar-refractivity contribution in [1.82, 2.24) is 0 Å². The molecule has 0 aliphatic heterocycles. The first-order valence-corrected chi connectivity index (χ1v) is 11.1. The van der Waals surface area contributed by atoms with Gasteiger partial charge in [-0.3, -0.25) is 4.79 Å². The lowest BCUT2D eigenvalue weighted by Gasteiger charge is -2.11. The van der Waals surface area contributed by atoms with E-state index < -0.39 is 0 Å². The topological polar surface area (TPSA) is 65.0 Å². The zero-order valence-electron chi connectivity index (χ0n) is 18.6. The summed E-state index contributed by atoms with van der Waals surface area (Å²) < 4.78 is 15.1. The van der Waals surface area contributed by atoms with Gasteiger partial charge in [0.2, 0.25) is 0 Å². The van der Waals surface area contributed by atoms with Crippen molar-refractivity contribution in [3.05, 3.63) is 17.7 Å². The van der Waals surface area contributed by atoms with Crippen molar-refractivity contribution >= 4 is 5.97 Å². The van der Waals surface area contributed by atoms with Gasteiger partial charge in [-0.2, -0.15) is 0 Å². The standard InChI is InChI=1S/C24H40O5/c1-27-21-18-20(24(26)22(19-21)28-2)16-14-12-10-8-6-4-5-7-9-11-13-15-17-23(25)29-3/h18-19,26H,4-17H2,1-3H3. The SMILES string of the molecule is COC(=O)CCCCCCCCCCCCCCc1cc(OC)cc(OC)c1O. The highest BCUT2D eigenvalue weighted by Gasteiger charge is 2.10. The zero-order valence-corrected chi connectivity index (χ0v) is 18.6. The third kappa shape index (κ3) is 11.0. The van der Waals surface area contributed by atoms with Gasteiger partial charge < -0.3 is 19.3 Å². The fourth-order valence-corrected chi connectivity index (χ4v) is 3.56. The van der Waals surface area contributed by atoms with Gasteiger partial charge in [-0.25, -0.2) is 0 Å². The van der Waals surface area contributed by atoms with Crippen LogP contribution in [0, 0.1) is 0 Å². The lowest BCUT2D eigenvalue weighted by Crippen LogP contribution is -1.99. The van der Waals surface area contributed by atoms with Crippen molar-refractivity contribution in [2.45, 2.75) is 89.9 Å². The minimum Gasteiger partial charge on any atom is -0.504 e. The van der Waals surface area contributed by atoms with Crippen LogP contribution in [0.4, 0.5) is 0 Å².